The lowest BCUT2D eigenvalue weighted by atomic mass is 9.87. The molecular formula is C34H52N2. The number of nitrogens with zero attached hydrogens (tertiary/aromatic N) is 2. The summed E-state index contributed by atoms with van der Waals surface area (Å²) in [4.78, 5) is 9.67. The van der Waals surface area contributed by atoms with E-state index in [0.29, 0.717) is 23.7 Å². The van der Waals surface area contributed by atoms with Gasteiger partial charge in [-0.1, -0.05) is 104 Å². The standard InChI is InChI=1S/C34H52N2/c1-23(2)29-17-27(9)18-30(24(3)4)33(29)21-35-15-13-11-12-14-16-36-22-34-31(25(5)6)19-28(10)20-32(34)26(7)8/h17-26H,11-16H2,1-10H3/b35-21+,36-22+. The number of aryl methyl sites for hydroxylation is 2. The Morgan fingerprint density at radius 1 is 0.500 bits per heavy atom. The Kier molecular flexibility index (Phi) is 12.1. The Balaban J connectivity index is 1.87. The molecule has 0 heterocycles. The first kappa shape index (κ1) is 30.0. The molecule has 0 unspecified atom stereocenters. The molecule has 2 nitrogen and oxygen atoms in total. The van der Waals surface area contributed by atoms with Crippen molar-refractivity contribution in [2.24, 2.45) is 9.98 Å². The zero-order chi connectivity index (χ0) is 26.8. The van der Waals surface area contributed by atoms with E-state index in [1.165, 1.54) is 57.3 Å². The molecule has 0 atom stereocenters. The number of hydrogen-bond acceptors (Lipinski definition) is 2. The van der Waals surface area contributed by atoms with E-state index < -0.39 is 0 Å². The van der Waals surface area contributed by atoms with E-state index in [2.05, 4.69) is 106 Å². The summed E-state index contributed by atoms with van der Waals surface area (Å²) in [7, 11) is 0. The van der Waals surface area contributed by atoms with Crippen LogP contribution in [-0.4, -0.2) is 25.5 Å². The predicted molar refractivity (Wildman–Crippen MR) is 162 cm³/mol. The molecule has 0 aromatic heterocycles. The van der Waals surface area contributed by atoms with Crippen LogP contribution in [0.4, 0.5) is 0 Å². The molecule has 0 spiro atoms. The highest BCUT2D eigenvalue weighted by Gasteiger charge is 2.14. The largest absolute Gasteiger partial charge is 0.293 e. The Morgan fingerprint density at radius 3 is 1.03 bits per heavy atom. The van der Waals surface area contributed by atoms with Gasteiger partial charge in [0.05, 0.1) is 0 Å². The highest BCUT2D eigenvalue weighted by atomic mass is 14.7. The van der Waals surface area contributed by atoms with E-state index in [-0.39, 0.29) is 0 Å². The zero-order valence-corrected chi connectivity index (χ0v) is 24.9. The molecule has 0 aliphatic heterocycles. The van der Waals surface area contributed by atoms with Crippen molar-refractivity contribution >= 4 is 12.4 Å². The van der Waals surface area contributed by atoms with Crippen molar-refractivity contribution in [3.63, 3.8) is 0 Å². The number of benzene rings is 2. The summed E-state index contributed by atoms with van der Waals surface area (Å²) in [6, 6.07) is 9.35. The average Bonchev–Trinajstić information content (AvgIpc) is 2.80. The molecule has 0 aliphatic rings. The predicted octanol–water partition coefficient (Wildman–Crippen LogP) is 9.90. The summed E-state index contributed by atoms with van der Waals surface area (Å²) >= 11 is 0. The van der Waals surface area contributed by atoms with E-state index in [1.54, 1.807) is 0 Å². The fraction of sp³-hybridized carbons (Fsp3) is 0.588. The minimum Gasteiger partial charge on any atom is -0.293 e. The van der Waals surface area contributed by atoms with Gasteiger partial charge in [-0.05, 0) is 83.7 Å². The van der Waals surface area contributed by atoms with Gasteiger partial charge in [-0.3, -0.25) is 9.98 Å². The van der Waals surface area contributed by atoms with E-state index in [1.807, 2.05) is 0 Å². The van der Waals surface area contributed by atoms with Gasteiger partial charge in [-0.15, -0.1) is 0 Å². The quantitative estimate of drug-likeness (QED) is 0.198. The summed E-state index contributed by atoms with van der Waals surface area (Å²) in [6.07, 6.45) is 9.02. The van der Waals surface area contributed by atoms with Crippen LogP contribution in [0.25, 0.3) is 0 Å². The van der Waals surface area contributed by atoms with Gasteiger partial charge in [0.15, 0.2) is 0 Å². The Bertz CT molecular complexity index is 880. The lowest BCUT2D eigenvalue weighted by Gasteiger charge is -2.18. The Hall–Kier alpha value is -2.22. The van der Waals surface area contributed by atoms with Crippen LogP contribution in [0.1, 0.15) is 149 Å². The minimum atomic E-state index is 0.512. The molecule has 0 aliphatic carbocycles. The van der Waals surface area contributed by atoms with Gasteiger partial charge in [0.1, 0.15) is 0 Å². The van der Waals surface area contributed by atoms with E-state index in [4.69, 9.17) is 9.98 Å². The zero-order valence-electron chi connectivity index (χ0n) is 24.9. The number of rotatable bonds is 13. The summed E-state index contributed by atoms with van der Waals surface area (Å²) < 4.78 is 0. The smallest absolute Gasteiger partial charge is 0.0389 e. The maximum atomic E-state index is 4.84. The van der Waals surface area contributed by atoms with E-state index in [9.17, 15) is 0 Å². The van der Waals surface area contributed by atoms with Gasteiger partial charge < -0.3 is 0 Å². The molecule has 0 saturated carbocycles. The lowest BCUT2D eigenvalue weighted by molar-refractivity contribution is 0.655. The van der Waals surface area contributed by atoms with Crippen molar-refractivity contribution in [3.8, 4) is 0 Å². The molecule has 2 rings (SSSR count). The van der Waals surface area contributed by atoms with Gasteiger partial charge in [-0.25, -0.2) is 0 Å². The molecule has 198 valence electrons. The third kappa shape index (κ3) is 8.71. The summed E-state index contributed by atoms with van der Waals surface area (Å²) in [5.74, 6) is 2.05. The second-order valence-electron chi connectivity index (χ2n) is 11.8. The van der Waals surface area contributed by atoms with Crippen molar-refractivity contribution in [1.29, 1.82) is 0 Å². The van der Waals surface area contributed by atoms with Crippen LogP contribution < -0.4 is 0 Å². The van der Waals surface area contributed by atoms with Crippen molar-refractivity contribution in [2.75, 3.05) is 13.1 Å². The van der Waals surface area contributed by atoms with Crippen LogP contribution in [0.2, 0.25) is 0 Å². The Labute approximate surface area is 222 Å². The van der Waals surface area contributed by atoms with Gasteiger partial charge in [-0.2, -0.15) is 0 Å². The maximum absolute atomic E-state index is 4.84. The fourth-order valence-corrected chi connectivity index (χ4v) is 4.99. The van der Waals surface area contributed by atoms with Crippen LogP contribution >= 0.6 is 0 Å². The second-order valence-corrected chi connectivity index (χ2v) is 11.8. The van der Waals surface area contributed by atoms with Gasteiger partial charge in [0.25, 0.3) is 0 Å². The van der Waals surface area contributed by atoms with Gasteiger partial charge in [0, 0.05) is 25.5 Å². The van der Waals surface area contributed by atoms with Crippen LogP contribution in [0, 0.1) is 13.8 Å². The molecule has 0 saturated heterocycles. The van der Waals surface area contributed by atoms with Crippen molar-refractivity contribution in [2.45, 2.75) is 119 Å². The highest BCUT2D eigenvalue weighted by molar-refractivity contribution is 5.85. The van der Waals surface area contributed by atoms with E-state index >= 15 is 0 Å². The molecule has 2 heteroatoms. The van der Waals surface area contributed by atoms with Crippen LogP contribution in [-0.2, 0) is 0 Å². The molecule has 2 aromatic carbocycles. The molecule has 0 radical (unpaired) electrons. The molecule has 0 fully saturated rings. The molecule has 0 bridgehead atoms. The minimum absolute atomic E-state index is 0.512. The van der Waals surface area contributed by atoms with Crippen molar-refractivity contribution in [3.05, 3.63) is 68.8 Å². The van der Waals surface area contributed by atoms with Crippen molar-refractivity contribution < 1.29 is 0 Å². The summed E-state index contributed by atoms with van der Waals surface area (Å²) in [5.41, 5.74) is 11.1. The normalized spacial score (nSPS) is 12.5. The lowest BCUT2D eigenvalue weighted by Crippen LogP contribution is -2.04. The third-order valence-electron chi connectivity index (χ3n) is 7.03. The maximum Gasteiger partial charge on any atom is 0.0389 e. The first-order valence-electron chi connectivity index (χ1n) is 14.3. The average molecular weight is 489 g/mol. The van der Waals surface area contributed by atoms with Gasteiger partial charge in [0.2, 0.25) is 0 Å². The number of hydrogen-bond donors (Lipinski definition) is 0. The highest BCUT2D eigenvalue weighted by Crippen LogP contribution is 2.29. The first-order valence-corrected chi connectivity index (χ1v) is 14.3. The SMILES string of the molecule is Cc1cc(C(C)C)c(/C=N/CCCCCC/N=C/c2c(C(C)C)cc(C)cc2C(C)C)c(C(C)C)c1. The number of aliphatic imine (C=N–C) groups is 2. The van der Waals surface area contributed by atoms with Crippen LogP contribution in [0.5, 0.6) is 0 Å². The van der Waals surface area contributed by atoms with Crippen LogP contribution in [0.3, 0.4) is 0 Å². The molecule has 2 aromatic rings. The van der Waals surface area contributed by atoms with E-state index in [0.717, 1.165) is 25.9 Å². The van der Waals surface area contributed by atoms with Crippen LogP contribution in [0.15, 0.2) is 34.3 Å². The van der Waals surface area contributed by atoms with Crippen molar-refractivity contribution in [1.82, 2.24) is 0 Å². The summed E-state index contributed by atoms with van der Waals surface area (Å²) in [5, 5.41) is 0. The molecule has 0 amide bonds. The topological polar surface area (TPSA) is 24.7 Å². The molecule has 36 heavy (non-hydrogen) atoms. The molecule has 0 N–H and O–H groups in total. The summed E-state index contributed by atoms with van der Waals surface area (Å²) in [6.45, 7) is 24.5. The number of unbranched alkanes of at least 4 members (excludes halogenated alkanes) is 3. The second kappa shape index (κ2) is 14.5. The Morgan fingerprint density at radius 2 is 0.778 bits per heavy atom. The third-order valence-corrected chi connectivity index (χ3v) is 7.03. The van der Waals surface area contributed by atoms with Gasteiger partial charge >= 0.3 is 0 Å². The fourth-order valence-electron chi connectivity index (χ4n) is 4.99. The monoisotopic (exact) mass is 488 g/mol. The first-order chi connectivity index (χ1) is 17.0. The molecular weight excluding hydrogens is 436 g/mol.